The molecule has 0 aliphatic carbocycles. The van der Waals surface area contributed by atoms with Crippen molar-refractivity contribution in [2.45, 2.75) is 83.6 Å². The van der Waals surface area contributed by atoms with Crippen molar-refractivity contribution in [2.24, 2.45) is 0 Å². The van der Waals surface area contributed by atoms with Gasteiger partial charge in [-0.3, -0.25) is 4.79 Å². The fraction of sp³-hybridized carbons (Fsp3) is 0.652. The van der Waals surface area contributed by atoms with Crippen LogP contribution in [0.2, 0.25) is 0 Å². The zero-order valence-corrected chi connectivity index (χ0v) is 17.7. The number of ether oxygens (including phenoxy) is 1. The van der Waals surface area contributed by atoms with E-state index in [0.29, 0.717) is 18.9 Å². The maximum Gasteiger partial charge on any atom is 0.328 e. The van der Waals surface area contributed by atoms with Crippen LogP contribution in [0.5, 0.6) is 0 Å². The van der Waals surface area contributed by atoms with Crippen molar-refractivity contribution in [2.75, 3.05) is 13.2 Å². The van der Waals surface area contributed by atoms with Crippen molar-refractivity contribution in [1.29, 1.82) is 0 Å². The van der Waals surface area contributed by atoms with E-state index in [1.165, 1.54) is 43.4 Å². The first-order valence-electron chi connectivity index (χ1n) is 11.1. The van der Waals surface area contributed by atoms with E-state index in [-0.39, 0.29) is 13.2 Å². The van der Waals surface area contributed by atoms with E-state index in [0.717, 1.165) is 25.3 Å². The Hall–Kier alpha value is -2.05. The monoisotopic (exact) mass is 427 g/mol. The number of amides is 1. The van der Waals surface area contributed by atoms with Crippen molar-refractivity contribution in [3.63, 3.8) is 0 Å². The molecule has 4 nitrogen and oxygen atoms in total. The average Bonchev–Trinajstić information content (AvgIpc) is 3.23. The quantitative estimate of drug-likeness (QED) is 0.241. The Bertz CT molecular complexity index is 711. The van der Waals surface area contributed by atoms with Gasteiger partial charge >= 0.3 is 5.97 Å². The molecule has 1 unspecified atom stereocenters. The van der Waals surface area contributed by atoms with Gasteiger partial charge in [-0.25, -0.2) is 18.0 Å². The number of hydrogen-bond acceptors (Lipinski definition) is 3. The lowest BCUT2D eigenvalue weighted by Gasteiger charge is -2.23. The van der Waals surface area contributed by atoms with Crippen LogP contribution in [0, 0.1) is 17.5 Å². The number of halogens is 3. The summed E-state index contributed by atoms with van der Waals surface area (Å²) >= 11 is 0. The van der Waals surface area contributed by atoms with Crippen LogP contribution in [-0.4, -0.2) is 36.0 Å². The highest BCUT2D eigenvalue weighted by Gasteiger charge is 2.37. The largest absolute Gasteiger partial charge is 0.464 e. The average molecular weight is 428 g/mol. The summed E-state index contributed by atoms with van der Waals surface area (Å²) in [6.07, 6.45) is 11.3. The van der Waals surface area contributed by atoms with Crippen LogP contribution in [0.1, 0.15) is 87.9 Å². The fourth-order valence-corrected chi connectivity index (χ4v) is 3.78. The summed E-state index contributed by atoms with van der Waals surface area (Å²) in [5.41, 5.74) is -0.576. The minimum atomic E-state index is -1.69. The summed E-state index contributed by atoms with van der Waals surface area (Å²) in [6, 6.07) is 0.793. The van der Waals surface area contributed by atoms with Gasteiger partial charge in [0.2, 0.25) is 0 Å². The molecule has 0 N–H and O–H groups in total. The SMILES string of the molecule is CCCCCCCCCCCOC(=O)C1CCCN1C(=O)c1ccc(F)c(F)c1F. The maximum absolute atomic E-state index is 14.0. The van der Waals surface area contributed by atoms with Crippen molar-refractivity contribution in [3.05, 3.63) is 35.1 Å². The number of unbranched alkanes of at least 4 members (excludes halogenated alkanes) is 8. The van der Waals surface area contributed by atoms with Crippen molar-refractivity contribution < 1.29 is 27.5 Å². The third kappa shape index (κ3) is 6.74. The van der Waals surface area contributed by atoms with Crippen LogP contribution in [0.3, 0.4) is 0 Å². The second-order valence-corrected chi connectivity index (χ2v) is 7.88. The summed E-state index contributed by atoms with van der Waals surface area (Å²) in [5, 5.41) is 0. The van der Waals surface area contributed by atoms with E-state index in [1.54, 1.807) is 0 Å². The fourth-order valence-electron chi connectivity index (χ4n) is 3.78. The summed E-state index contributed by atoms with van der Waals surface area (Å²) < 4.78 is 45.8. The normalized spacial score (nSPS) is 16.1. The van der Waals surface area contributed by atoms with E-state index < -0.39 is 40.9 Å². The molecule has 1 aromatic rings. The Morgan fingerprint density at radius 1 is 0.967 bits per heavy atom. The highest BCUT2D eigenvalue weighted by atomic mass is 19.2. The number of likely N-dealkylation sites (tertiary alicyclic amines) is 1. The molecule has 168 valence electrons. The van der Waals surface area contributed by atoms with Crippen molar-refractivity contribution in [3.8, 4) is 0 Å². The summed E-state index contributed by atoms with van der Waals surface area (Å²) in [4.78, 5) is 26.2. The first-order chi connectivity index (χ1) is 14.5. The summed E-state index contributed by atoms with van der Waals surface area (Å²) in [6.45, 7) is 2.73. The van der Waals surface area contributed by atoms with E-state index in [4.69, 9.17) is 4.74 Å². The predicted octanol–water partition coefficient (Wildman–Crippen LogP) is 5.78. The molecule has 0 aromatic heterocycles. The van der Waals surface area contributed by atoms with Crippen molar-refractivity contribution >= 4 is 11.9 Å². The Kier molecular flexibility index (Phi) is 10.2. The van der Waals surface area contributed by atoms with Gasteiger partial charge in [0, 0.05) is 6.54 Å². The number of carbonyl (C=O) groups excluding carboxylic acids is 2. The summed E-state index contributed by atoms with van der Waals surface area (Å²) in [7, 11) is 0. The lowest BCUT2D eigenvalue weighted by molar-refractivity contribution is -0.148. The Morgan fingerprint density at radius 3 is 2.27 bits per heavy atom. The number of rotatable bonds is 12. The predicted molar refractivity (Wildman–Crippen MR) is 109 cm³/mol. The standard InChI is InChI=1S/C23H32F3NO3/c1-2-3-4-5-6-7-8-9-10-16-30-23(29)19-12-11-15-27(19)22(28)17-13-14-18(24)21(26)20(17)25/h13-14,19H,2-12,15-16H2,1H3. The molecular weight excluding hydrogens is 395 g/mol. The topological polar surface area (TPSA) is 46.6 Å². The smallest absolute Gasteiger partial charge is 0.328 e. The molecule has 1 aliphatic rings. The number of nitrogens with zero attached hydrogens (tertiary/aromatic N) is 1. The molecule has 1 heterocycles. The van der Waals surface area contributed by atoms with Gasteiger partial charge in [-0.2, -0.15) is 0 Å². The second-order valence-electron chi connectivity index (χ2n) is 7.88. The van der Waals surface area contributed by atoms with Gasteiger partial charge in [-0.15, -0.1) is 0 Å². The van der Waals surface area contributed by atoms with Crippen LogP contribution in [0.15, 0.2) is 12.1 Å². The molecule has 1 amide bonds. The second kappa shape index (κ2) is 12.6. The van der Waals surface area contributed by atoms with Crippen LogP contribution in [0.4, 0.5) is 13.2 Å². The first kappa shape index (κ1) is 24.2. The molecule has 1 aliphatic heterocycles. The van der Waals surface area contributed by atoms with Gasteiger partial charge in [0.15, 0.2) is 17.5 Å². The third-order valence-electron chi connectivity index (χ3n) is 5.54. The Balaban J connectivity index is 1.74. The van der Waals surface area contributed by atoms with E-state index in [9.17, 15) is 22.8 Å². The number of benzene rings is 1. The molecule has 1 saturated heterocycles. The molecule has 1 fully saturated rings. The van der Waals surface area contributed by atoms with Crippen LogP contribution >= 0.6 is 0 Å². The van der Waals surface area contributed by atoms with Crippen LogP contribution in [0.25, 0.3) is 0 Å². The lowest BCUT2D eigenvalue weighted by Crippen LogP contribution is -2.42. The molecule has 1 atom stereocenters. The van der Waals surface area contributed by atoms with E-state index in [2.05, 4.69) is 6.92 Å². The number of esters is 1. The molecule has 30 heavy (non-hydrogen) atoms. The van der Waals surface area contributed by atoms with E-state index >= 15 is 0 Å². The molecular formula is C23H32F3NO3. The van der Waals surface area contributed by atoms with Gasteiger partial charge in [0.25, 0.3) is 5.91 Å². The van der Waals surface area contributed by atoms with Gasteiger partial charge in [-0.1, -0.05) is 58.3 Å². The number of carbonyl (C=O) groups is 2. The molecule has 2 rings (SSSR count). The zero-order chi connectivity index (χ0) is 21.9. The molecule has 0 radical (unpaired) electrons. The molecule has 0 spiro atoms. The summed E-state index contributed by atoms with van der Waals surface area (Å²) in [5.74, 6) is -5.93. The zero-order valence-electron chi connectivity index (χ0n) is 17.7. The highest BCUT2D eigenvalue weighted by Crippen LogP contribution is 2.24. The van der Waals surface area contributed by atoms with Crippen LogP contribution in [-0.2, 0) is 9.53 Å². The Morgan fingerprint density at radius 2 is 1.60 bits per heavy atom. The lowest BCUT2D eigenvalue weighted by atomic mass is 10.1. The van der Waals surface area contributed by atoms with E-state index in [1.807, 2.05) is 0 Å². The minimum Gasteiger partial charge on any atom is -0.464 e. The molecule has 0 bridgehead atoms. The van der Waals surface area contributed by atoms with Gasteiger partial charge in [0.05, 0.1) is 12.2 Å². The molecule has 0 saturated carbocycles. The van der Waals surface area contributed by atoms with Gasteiger partial charge < -0.3 is 9.64 Å². The van der Waals surface area contributed by atoms with Gasteiger partial charge in [0.1, 0.15) is 6.04 Å². The first-order valence-corrected chi connectivity index (χ1v) is 11.1. The third-order valence-corrected chi connectivity index (χ3v) is 5.54. The Labute approximate surface area is 176 Å². The molecule has 7 heteroatoms. The number of hydrogen-bond donors (Lipinski definition) is 0. The van der Waals surface area contributed by atoms with Crippen LogP contribution < -0.4 is 0 Å². The maximum atomic E-state index is 14.0. The minimum absolute atomic E-state index is 0.245. The highest BCUT2D eigenvalue weighted by molar-refractivity contribution is 5.97. The van der Waals surface area contributed by atoms with Gasteiger partial charge in [-0.05, 0) is 31.4 Å². The molecule has 1 aromatic carbocycles. The van der Waals surface area contributed by atoms with Crippen molar-refractivity contribution in [1.82, 2.24) is 4.90 Å².